The molecule has 2 rings (SSSR count). The zero-order chi connectivity index (χ0) is 18.6. The van der Waals surface area contributed by atoms with Gasteiger partial charge in [-0.1, -0.05) is 0 Å². The van der Waals surface area contributed by atoms with Gasteiger partial charge in [-0.3, -0.25) is 9.59 Å². The number of carbonyl (C=O) groups is 2. The number of aliphatic carboxylic acids is 1. The van der Waals surface area contributed by atoms with E-state index in [1.807, 2.05) is 0 Å². The highest BCUT2D eigenvalue weighted by Crippen LogP contribution is 2.38. The molecule has 7 nitrogen and oxygen atoms in total. The van der Waals surface area contributed by atoms with Crippen molar-refractivity contribution in [3.63, 3.8) is 0 Å². The van der Waals surface area contributed by atoms with Gasteiger partial charge in [-0.15, -0.1) is 0 Å². The Hall–Kier alpha value is -2.36. The van der Waals surface area contributed by atoms with Crippen LogP contribution in [0.1, 0.15) is 10.4 Å². The van der Waals surface area contributed by atoms with Gasteiger partial charge in [-0.05, 0) is 12.1 Å². The lowest BCUT2D eigenvalue weighted by Crippen LogP contribution is -2.33. The van der Waals surface area contributed by atoms with Crippen molar-refractivity contribution in [2.45, 2.75) is 6.18 Å². The van der Waals surface area contributed by atoms with Gasteiger partial charge in [0.1, 0.15) is 5.82 Å². The molecular formula is C15H18F3N3O4. The van der Waals surface area contributed by atoms with Gasteiger partial charge in [-0.2, -0.15) is 13.2 Å². The van der Waals surface area contributed by atoms with Gasteiger partial charge >= 0.3 is 12.1 Å². The molecule has 1 amide bonds. The number of hydrogen-bond acceptors (Lipinski definition) is 5. The molecule has 2 heterocycles. The molecule has 1 saturated heterocycles. The van der Waals surface area contributed by atoms with E-state index in [1.165, 1.54) is 30.3 Å². The summed E-state index contributed by atoms with van der Waals surface area (Å²) in [6.07, 6.45) is -3.35. The van der Waals surface area contributed by atoms with Gasteiger partial charge in [-0.25, -0.2) is 4.98 Å². The van der Waals surface area contributed by atoms with Crippen LogP contribution >= 0.6 is 0 Å². The van der Waals surface area contributed by atoms with Crippen molar-refractivity contribution in [3.8, 4) is 0 Å². The molecule has 2 N–H and O–H groups in total. The number of ether oxygens (including phenoxy) is 1. The number of alkyl halides is 3. The van der Waals surface area contributed by atoms with Gasteiger partial charge in [0.25, 0.3) is 5.91 Å². The van der Waals surface area contributed by atoms with Gasteiger partial charge in [0.2, 0.25) is 0 Å². The van der Waals surface area contributed by atoms with Gasteiger partial charge in [0.05, 0.1) is 24.0 Å². The molecular weight excluding hydrogens is 343 g/mol. The van der Waals surface area contributed by atoms with Crippen molar-refractivity contribution in [1.82, 2.24) is 10.3 Å². The smallest absolute Gasteiger partial charge is 0.394 e. The van der Waals surface area contributed by atoms with Gasteiger partial charge in [0.15, 0.2) is 0 Å². The van der Waals surface area contributed by atoms with E-state index in [0.29, 0.717) is 13.2 Å². The Morgan fingerprint density at radius 1 is 1.40 bits per heavy atom. The minimum atomic E-state index is -4.60. The first-order valence-electron chi connectivity index (χ1n) is 7.51. The first-order valence-corrected chi connectivity index (χ1v) is 7.51. The number of carboxylic acid groups (broad SMARTS) is 1. The number of nitrogens with zero attached hydrogens (tertiary/aromatic N) is 2. The fraction of sp³-hybridized carbons (Fsp3) is 0.533. The molecule has 138 valence electrons. The summed E-state index contributed by atoms with van der Waals surface area (Å²) in [6.45, 7) is -0.101. The number of anilines is 1. The normalized spacial score (nSPS) is 20.6. The lowest BCUT2D eigenvalue weighted by Gasteiger charge is -2.19. The Kier molecular flexibility index (Phi) is 5.83. The SMILES string of the molecule is COCCNC(=O)c1ccc(N2C[C@@H](C(F)(F)F)[C@H](C(=O)O)C2)nc1. The zero-order valence-corrected chi connectivity index (χ0v) is 13.4. The standard InChI is InChI=1S/C15H18F3N3O4/c1-25-5-4-19-13(22)9-2-3-12(20-6-9)21-7-10(14(23)24)11(8-21)15(16,17)18/h2-3,6,10-11H,4-5,7-8H2,1H3,(H,19,22)(H,23,24)/t10-,11-/m1/s1. The second-order valence-corrected chi connectivity index (χ2v) is 5.65. The number of halogens is 3. The number of carbonyl (C=O) groups excluding carboxylic acids is 1. The lowest BCUT2D eigenvalue weighted by atomic mass is 9.96. The van der Waals surface area contributed by atoms with Crippen molar-refractivity contribution in [2.24, 2.45) is 11.8 Å². The first kappa shape index (κ1) is 19.0. The summed E-state index contributed by atoms with van der Waals surface area (Å²) in [5.74, 6) is -5.16. The number of aromatic nitrogens is 1. The van der Waals surface area contributed by atoms with Crippen LogP contribution in [0, 0.1) is 11.8 Å². The van der Waals surface area contributed by atoms with Crippen LogP contribution < -0.4 is 10.2 Å². The Balaban J connectivity index is 2.07. The number of rotatable bonds is 6. The molecule has 25 heavy (non-hydrogen) atoms. The van der Waals surface area contributed by atoms with Crippen LogP contribution in [0.5, 0.6) is 0 Å². The monoisotopic (exact) mass is 361 g/mol. The molecule has 2 atom stereocenters. The second-order valence-electron chi connectivity index (χ2n) is 5.65. The minimum absolute atomic E-state index is 0.200. The summed E-state index contributed by atoms with van der Waals surface area (Å²) in [7, 11) is 1.50. The minimum Gasteiger partial charge on any atom is -0.481 e. The van der Waals surface area contributed by atoms with E-state index in [-0.39, 0.29) is 23.8 Å². The molecule has 0 radical (unpaired) electrons. The van der Waals surface area contributed by atoms with Crippen molar-refractivity contribution >= 4 is 17.7 Å². The maximum atomic E-state index is 13.0. The number of methoxy groups -OCH3 is 1. The molecule has 1 aliphatic heterocycles. The predicted octanol–water partition coefficient (Wildman–Crippen LogP) is 1.16. The first-order chi connectivity index (χ1) is 11.7. The zero-order valence-electron chi connectivity index (χ0n) is 13.4. The van der Waals surface area contributed by atoms with Crippen LogP contribution in [-0.2, 0) is 9.53 Å². The molecule has 0 unspecified atom stereocenters. The van der Waals surface area contributed by atoms with E-state index in [1.54, 1.807) is 0 Å². The van der Waals surface area contributed by atoms with E-state index in [0.717, 1.165) is 0 Å². The third kappa shape index (κ3) is 4.59. The maximum absolute atomic E-state index is 13.0. The highest BCUT2D eigenvalue weighted by molar-refractivity contribution is 5.94. The van der Waals surface area contributed by atoms with Gasteiger partial charge < -0.3 is 20.1 Å². The summed E-state index contributed by atoms with van der Waals surface area (Å²) in [4.78, 5) is 28.2. The average Bonchev–Trinajstić information content (AvgIpc) is 3.01. The largest absolute Gasteiger partial charge is 0.481 e. The quantitative estimate of drug-likeness (QED) is 0.739. The fourth-order valence-electron chi connectivity index (χ4n) is 2.65. The number of nitrogens with one attached hydrogen (secondary N) is 1. The van der Waals surface area contributed by atoms with Crippen LogP contribution in [0.4, 0.5) is 19.0 Å². The summed E-state index contributed by atoms with van der Waals surface area (Å²) in [5.41, 5.74) is 0.251. The predicted molar refractivity (Wildman–Crippen MR) is 81.3 cm³/mol. The molecule has 0 spiro atoms. The van der Waals surface area contributed by atoms with Crippen LogP contribution in [-0.4, -0.2) is 61.5 Å². The molecule has 1 aliphatic rings. The summed E-state index contributed by atoms with van der Waals surface area (Å²) in [6, 6.07) is 2.84. The second kappa shape index (κ2) is 7.68. The summed E-state index contributed by atoms with van der Waals surface area (Å²) in [5, 5.41) is 11.6. The number of amides is 1. The van der Waals surface area contributed by atoms with E-state index >= 15 is 0 Å². The Morgan fingerprint density at radius 2 is 2.12 bits per heavy atom. The Morgan fingerprint density at radius 3 is 2.60 bits per heavy atom. The molecule has 1 fully saturated rings. The van der Waals surface area contributed by atoms with E-state index < -0.39 is 30.5 Å². The summed E-state index contributed by atoms with van der Waals surface area (Å²) >= 11 is 0. The average molecular weight is 361 g/mol. The molecule has 0 saturated carbocycles. The van der Waals surface area contributed by atoms with E-state index in [9.17, 15) is 22.8 Å². The van der Waals surface area contributed by atoms with Crippen LogP contribution in [0.15, 0.2) is 18.3 Å². The molecule has 0 aromatic carbocycles. The number of carboxylic acids is 1. The molecule has 0 aliphatic carbocycles. The van der Waals surface area contributed by atoms with Crippen molar-refractivity contribution in [1.29, 1.82) is 0 Å². The summed E-state index contributed by atoms with van der Waals surface area (Å²) < 4.78 is 43.8. The molecule has 10 heteroatoms. The topological polar surface area (TPSA) is 91.8 Å². The Labute approximate surface area is 141 Å². The van der Waals surface area contributed by atoms with Crippen LogP contribution in [0.3, 0.4) is 0 Å². The molecule has 0 bridgehead atoms. The highest BCUT2D eigenvalue weighted by atomic mass is 19.4. The fourth-order valence-corrected chi connectivity index (χ4v) is 2.65. The molecule has 1 aromatic rings. The highest BCUT2D eigenvalue weighted by Gasteiger charge is 2.52. The molecule has 1 aromatic heterocycles. The number of pyridine rings is 1. The van der Waals surface area contributed by atoms with Crippen molar-refractivity contribution in [3.05, 3.63) is 23.9 Å². The third-order valence-electron chi connectivity index (χ3n) is 3.98. The van der Waals surface area contributed by atoms with E-state index in [4.69, 9.17) is 9.84 Å². The van der Waals surface area contributed by atoms with E-state index in [2.05, 4.69) is 10.3 Å². The van der Waals surface area contributed by atoms with Crippen molar-refractivity contribution < 1.29 is 32.6 Å². The van der Waals surface area contributed by atoms with Crippen LogP contribution in [0.2, 0.25) is 0 Å². The number of hydrogen-bond donors (Lipinski definition) is 2. The lowest BCUT2D eigenvalue weighted by molar-refractivity contribution is -0.187. The van der Waals surface area contributed by atoms with Gasteiger partial charge in [0, 0.05) is 32.9 Å². The maximum Gasteiger partial charge on any atom is 0.394 e. The van der Waals surface area contributed by atoms with Crippen LogP contribution in [0.25, 0.3) is 0 Å². The third-order valence-corrected chi connectivity index (χ3v) is 3.98. The van der Waals surface area contributed by atoms with Crippen molar-refractivity contribution in [2.75, 3.05) is 38.3 Å². The Bertz CT molecular complexity index is 621.